The fourth-order valence-electron chi connectivity index (χ4n) is 4.43. The first-order valence-electron chi connectivity index (χ1n) is 10.0. The van der Waals surface area contributed by atoms with Gasteiger partial charge in [0, 0.05) is 30.7 Å². The van der Waals surface area contributed by atoms with E-state index >= 15 is 0 Å². The number of nitrogens with one attached hydrogen (secondary N) is 2. The predicted octanol–water partition coefficient (Wildman–Crippen LogP) is 3.14. The highest BCUT2D eigenvalue weighted by atomic mass is 35.5. The molecule has 0 spiro atoms. The van der Waals surface area contributed by atoms with Crippen LogP contribution in [0, 0.1) is 11.8 Å². The molecule has 0 aliphatic carbocycles. The molecule has 2 aliphatic heterocycles. The Hall–Kier alpha value is -2.16. The Balaban J connectivity index is 1.54. The van der Waals surface area contributed by atoms with Crippen LogP contribution in [0.25, 0.3) is 0 Å². The SMILES string of the molecule is O=C(O)C1NC(c2cc(Cl)cc(Cl)c2Cl)C2C(=O)N(CCNCc3ccccc3)C(=O)C12. The van der Waals surface area contributed by atoms with Crippen molar-refractivity contribution in [2.45, 2.75) is 18.6 Å². The van der Waals surface area contributed by atoms with Crippen LogP contribution >= 0.6 is 34.8 Å². The largest absolute Gasteiger partial charge is 0.480 e. The van der Waals surface area contributed by atoms with E-state index in [1.807, 2.05) is 30.3 Å². The number of carboxylic acids is 1. The van der Waals surface area contributed by atoms with Crippen LogP contribution in [0.1, 0.15) is 17.2 Å². The summed E-state index contributed by atoms with van der Waals surface area (Å²) in [6, 6.07) is 10.7. The predicted molar refractivity (Wildman–Crippen MR) is 121 cm³/mol. The molecule has 4 unspecified atom stereocenters. The van der Waals surface area contributed by atoms with E-state index in [2.05, 4.69) is 10.6 Å². The molecule has 7 nitrogen and oxygen atoms in total. The van der Waals surface area contributed by atoms with Crippen LogP contribution in [-0.4, -0.2) is 46.9 Å². The Labute approximate surface area is 199 Å². The summed E-state index contributed by atoms with van der Waals surface area (Å²) >= 11 is 18.6. The van der Waals surface area contributed by atoms with Gasteiger partial charge in [0.15, 0.2) is 0 Å². The van der Waals surface area contributed by atoms with Crippen LogP contribution in [0.2, 0.25) is 15.1 Å². The Morgan fingerprint density at radius 3 is 2.44 bits per heavy atom. The minimum absolute atomic E-state index is 0.139. The molecule has 2 aromatic rings. The van der Waals surface area contributed by atoms with Gasteiger partial charge in [-0.15, -0.1) is 0 Å². The van der Waals surface area contributed by atoms with Crippen molar-refractivity contribution in [2.75, 3.05) is 13.1 Å². The van der Waals surface area contributed by atoms with E-state index in [1.54, 1.807) is 0 Å². The maximum Gasteiger partial charge on any atom is 0.321 e. The maximum absolute atomic E-state index is 13.2. The molecule has 32 heavy (non-hydrogen) atoms. The number of imide groups is 1. The third kappa shape index (κ3) is 4.23. The molecule has 10 heteroatoms. The number of amides is 2. The van der Waals surface area contributed by atoms with Crippen molar-refractivity contribution in [1.82, 2.24) is 15.5 Å². The van der Waals surface area contributed by atoms with Gasteiger partial charge in [0.1, 0.15) is 6.04 Å². The first-order valence-corrected chi connectivity index (χ1v) is 11.2. The van der Waals surface area contributed by atoms with Crippen LogP contribution < -0.4 is 10.6 Å². The number of nitrogens with zero attached hydrogens (tertiary/aromatic N) is 1. The van der Waals surface area contributed by atoms with E-state index in [0.717, 1.165) is 10.5 Å². The number of rotatable bonds is 7. The van der Waals surface area contributed by atoms with Crippen LogP contribution in [0.3, 0.4) is 0 Å². The number of aliphatic carboxylic acids is 1. The van der Waals surface area contributed by atoms with Gasteiger partial charge in [-0.25, -0.2) is 0 Å². The van der Waals surface area contributed by atoms with Crippen molar-refractivity contribution in [3.8, 4) is 0 Å². The first kappa shape index (κ1) is 23.0. The third-order valence-corrected chi connectivity index (χ3v) is 6.91. The van der Waals surface area contributed by atoms with Crippen LogP contribution in [0.5, 0.6) is 0 Å². The fourth-order valence-corrected chi connectivity index (χ4v) is 5.16. The molecule has 168 valence electrons. The number of halogens is 3. The Morgan fingerprint density at radius 2 is 1.75 bits per heavy atom. The molecule has 2 saturated heterocycles. The molecule has 0 aromatic heterocycles. The highest BCUT2D eigenvalue weighted by Gasteiger charge is 2.61. The molecule has 2 aliphatic rings. The lowest BCUT2D eigenvalue weighted by Crippen LogP contribution is -2.44. The quantitative estimate of drug-likeness (QED) is 0.309. The van der Waals surface area contributed by atoms with Crippen molar-refractivity contribution in [1.29, 1.82) is 0 Å². The minimum atomic E-state index is -1.22. The molecule has 4 atom stereocenters. The molecule has 0 saturated carbocycles. The first-order chi connectivity index (χ1) is 15.3. The van der Waals surface area contributed by atoms with Gasteiger partial charge >= 0.3 is 5.97 Å². The summed E-state index contributed by atoms with van der Waals surface area (Å²) in [5.41, 5.74) is 1.47. The van der Waals surface area contributed by atoms with E-state index in [9.17, 15) is 19.5 Å². The van der Waals surface area contributed by atoms with Crippen molar-refractivity contribution < 1.29 is 19.5 Å². The summed E-state index contributed by atoms with van der Waals surface area (Å²) in [6.07, 6.45) is 0. The average Bonchev–Trinajstić information content (AvgIpc) is 3.27. The molecule has 2 aromatic carbocycles. The molecule has 0 radical (unpaired) electrons. The second kappa shape index (κ2) is 9.37. The summed E-state index contributed by atoms with van der Waals surface area (Å²) in [5.74, 6) is -4.10. The van der Waals surface area contributed by atoms with Crippen LogP contribution in [-0.2, 0) is 20.9 Å². The zero-order chi connectivity index (χ0) is 23.0. The van der Waals surface area contributed by atoms with Gasteiger partial charge in [-0.1, -0.05) is 65.1 Å². The van der Waals surface area contributed by atoms with Crippen molar-refractivity contribution in [3.05, 3.63) is 68.7 Å². The van der Waals surface area contributed by atoms with E-state index < -0.39 is 41.7 Å². The summed E-state index contributed by atoms with van der Waals surface area (Å²) in [7, 11) is 0. The highest BCUT2D eigenvalue weighted by molar-refractivity contribution is 6.43. The summed E-state index contributed by atoms with van der Waals surface area (Å²) in [4.78, 5) is 39.3. The number of carbonyl (C=O) groups is 3. The van der Waals surface area contributed by atoms with Gasteiger partial charge in [-0.05, 0) is 23.3 Å². The molecular formula is C22H20Cl3N3O4. The smallest absolute Gasteiger partial charge is 0.321 e. The molecule has 2 fully saturated rings. The van der Waals surface area contributed by atoms with Gasteiger partial charge in [0.05, 0.1) is 21.9 Å². The molecule has 2 heterocycles. The lowest BCUT2D eigenvalue weighted by atomic mass is 9.86. The topological polar surface area (TPSA) is 98.7 Å². The van der Waals surface area contributed by atoms with Crippen LogP contribution in [0.15, 0.2) is 42.5 Å². The zero-order valence-corrected chi connectivity index (χ0v) is 19.0. The molecule has 4 rings (SSSR count). The lowest BCUT2D eigenvalue weighted by molar-refractivity contribution is -0.146. The number of benzene rings is 2. The van der Waals surface area contributed by atoms with Gasteiger partial charge in [0.2, 0.25) is 11.8 Å². The number of carbonyl (C=O) groups excluding carboxylic acids is 2. The Morgan fingerprint density at radius 1 is 1.06 bits per heavy atom. The van der Waals surface area contributed by atoms with E-state index in [0.29, 0.717) is 23.7 Å². The molecular weight excluding hydrogens is 477 g/mol. The van der Waals surface area contributed by atoms with E-state index in [1.165, 1.54) is 12.1 Å². The van der Waals surface area contributed by atoms with E-state index in [4.69, 9.17) is 34.8 Å². The normalized spacial score (nSPS) is 24.8. The number of likely N-dealkylation sites (tertiary alicyclic amines) is 1. The summed E-state index contributed by atoms with van der Waals surface area (Å²) in [5, 5.41) is 16.4. The molecule has 3 N–H and O–H groups in total. The average molecular weight is 497 g/mol. The second-order valence-electron chi connectivity index (χ2n) is 7.79. The summed E-state index contributed by atoms with van der Waals surface area (Å²) < 4.78 is 0. The van der Waals surface area contributed by atoms with Crippen LogP contribution in [0.4, 0.5) is 0 Å². The standard InChI is InChI=1S/C22H20Cl3N3O4/c23-12-8-13(17(25)14(24)9-12)18-15-16(19(27-18)22(31)32)21(30)28(20(15)29)7-6-26-10-11-4-2-1-3-5-11/h1-5,8-9,15-16,18-19,26-27H,6-7,10H2,(H,31,32). The highest BCUT2D eigenvalue weighted by Crippen LogP contribution is 2.47. The Bertz CT molecular complexity index is 1070. The maximum atomic E-state index is 13.2. The van der Waals surface area contributed by atoms with Gasteiger partial charge < -0.3 is 10.4 Å². The number of hydrogen-bond donors (Lipinski definition) is 3. The monoisotopic (exact) mass is 495 g/mol. The van der Waals surface area contributed by atoms with Gasteiger partial charge in [0.25, 0.3) is 0 Å². The van der Waals surface area contributed by atoms with Crippen molar-refractivity contribution in [2.24, 2.45) is 11.8 Å². The third-order valence-electron chi connectivity index (χ3n) is 5.87. The number of hydrogen-bond acceptors (Lipinski definition) is 5. The number of carboxylic acid groups (broad SMARTS) is 1. The van der Waals surface area contributed by atoms with Crippen molar-refractivity contribution in [3.63, 3.8) is 0 Å². The molecule has 0 bridgehead atoms. The van der Waals surface area contributed by atoms with Gasteiger partial charge in [-0.3, -0.25) is 24.6 Å². The minimum Gasteiger partial charge on any atom is -0.480 e. The molecule has 2 amide bonds. The zero-order valence-electron chi connectivity index (χ0n) is 16.7. The van der Waals surface area contributed by atoms with E-state index in [-0.39, 0.29) is 16.6 Å². The second-order valence-corrected chi connectivity index (χ2v) is 9.01. The Kier molecular flexibility index (Phi) is 6.74. The van der Waals surface area contributed by atoms with Crippen molar-refractivity contribution >= 4 is 52.6 Å². The van der Waals surface area contributed by atoms with Gasteiger partial charge in [-0.2, -0.15) is 0 Å². The summed E-state index contributed by atoms with van der Waals surface area (Å²) in [6.45, 7) is 1.11. The fraction of sp³-hybridized carbons (Fsp3) is 0.318. The lowest BCUT2D eigenvalue weighted by Gasteiger charge is -2.22. The number of fused-ring (bicyclic) bond motifs is 1.